The maximum absolute atomic E-state index is 10.4. The SMILES string of the molecule is O=[PH](O)C(O)c1ccccc1.[H+].[Na+].[Na+]. The van der Waals surface area contributed by atoms with Crippen molar-refractivity contribution < 1.29 is 75.1 Å². The van der Waals surface area contributed by atoms with Crippen LogP contribution in [0.15, 0.2) is 30.3 Å². The Balaban J connectivity index is -0.000000403. The van der Waals surface area contributed by atoms with Crippen LogP contribution in [0.5, 0.6) is 0 Å². The fraction of sp³-hybridized carbons (Fsp3) is 0.143. The molecule has 2 atom stereocenters. The van der Waals surface area contributed by atoms with E-state index in [9.17, 15) is 4.57 Å². The molecule has 0 fully saturated rings. The van der Waals surface area contributed by atoms with Gasteiger partial charge in [0, 0.05) is 0 Å². The van der Waals surface area contributed by atoms with E-state index in [1.165, 1.54) is 0 Å². The van der Waals surface area contributed by atoms with Crippen molar-refractivity contribution in [3.63, 3.8) is 0 Å². The molecule has 0 saturated heterocycles. The van der Waals surface area contributed by atoms with E-state index in [0.29, 0.717) is 5.56 Å². The first-order valence-electron chi connectivity index (χ1n) is 3.17. The van der Waals surface area contributed by atoms with Crippen LogP contribution in [-0.4, -0.2) is 10.00 Å². The smallest absolute Gasteiger partial charge is 0.378 e. The first-order chi connectivity index (χ1) is 5.22. The molecular formula is C7H10Na2O3P+3. The molecule has 13 heavy (non-hydrogen) atoms. The van der Waals surface area contributed by atoms with Gasteiger partial charge < -0.3 is 10.00 Å². The minimum Gasteiger partial charge on any atom is -0.378 e. The predicted molar refractivity (Wildman–Crippen MR) is 43.7 cm³/mol. The summed E-state index contributed by atoms with van der Waals surface area (Å²) in [5, 5.41) is 9.08. The van der Waals surface area contributed by atoms with Gasteiger partial charge in [-0.2, -0.15) is 0 Å². The average molecular weight is 219 g/mol. The van der Waals surface area contributed by atoms with Crippen molar-refractivity contribution in [2.45, 2.75) is 5.85 Å². The number of hydrogen-bond donors (Lipinski definition) is 2. The zero-order valence-electron chi connectivity index (χ0n) is 8.77. The first-order valence-corrected chi connectivity index (χ1v) is 4.61. The maximum Gasteiger partial charge on any atom is 1.00 e. The minimum absolute atomic E-state index is 0. The van der Waals surface area contributed by atoms with Gasteiger partial charge in [-0.15, -0.1) is 0 Å². The van der Waals surface area contributed by atoms with Crippen molar-refractivity contribution in [3.8, 4) is 0 Å². The quantitative estimate of drug-likeness (QED) is 0.388. The summed E-state index contributed by atoms with van der Waals surface area (Å²) in [6.07, 6.45) is 0. The van der Waals surface area contributed by atoms with E-state index in [-0.39, 0.29) is 60.5 Å². The van der Waals surface area contributed by atoms with Gasteiger partial charge in [-0.05, 0) is 5.56 Å². The standard InChI is InChI=1S/C7H9O3P.2Na/c8-7(11(9)10)6-4-2-1-3-5-6;;/h1-5,7-8,11H,(H,9,10);;/q;2*+1/p+1. The number of aliphatic hydroxyl groups excluding tert-OH is 1. The van der Waals surface area contributed by atoms with E-state index in [2.05, 4.69) is 0 Å². The number of benzene rings is 1. The van der Waals surface area contributed by atoms with Crippen LogP contribution in [0.3, 0.4) is 0 Å². The Kier molecular flexibility index (Phi) is 11.2. The van der Waals surface area contributed by atoms with Crippen molar-refractivity contribution in [2.24, 2.45) is 0 Å². The Morgan fingerprint density at radius 3 is 2.08 bits per heavy atom. The van der Waals surface area contributed by atoms with Crippen LogP contribution in [0.4, 0.5) is 0 Å². The van der Waals surface area contributed by atoms with E-state index in [0.717, 1.165) is 0 Å². The normalized spacial score (nSPS) is 13.4. The largest absolute Gasteiger partial charge is 1.00 e. The van der Waals surface area contributed by atoms with Gasteiger partial charge in [-0.3, -0.25) is 4.57 Å². The topological polar surface area (TPSA) is 57.5 Å². The second-order valence-corrected chi connectivity index (χ2v) is 3.37. The van der Waals surface area contributed by atoms with Gasteiger partial charge in [0.25, 0.3) is 0 Å². The number of aliphatic hydroxyl groups is 1. The zero-order valence-corrected chi connectivity index (χ0v) is 12.8. The molecule has 0 radical (unpaired) electrons. The molecular weight excluding hydrogens is 209 g/mol. The monoisotopic (exact) mass is 219 g/mol. The van der Waals surface area contributed by atoms with E-state index in [4.69, 9.17) is 10.00 Å². The van der Waals surface area contributed by atoms with Gasteiger partial charge in [0.1, 0.15) is 0 Å². The average Bonchev–Trinajstić information content (AvgIpc) is 2.05. The fourth-order valence-corrected chi connectivity index (χ4v) is 1.26. The van der Waals surface area contributed by atoms with Crippen LogP contribution in [0, 0.1) is 0 Å². The van der Waals surface area contributed by atoms with Gasteiger partial charge in [-0.1, -0.05) is 30.3 Å². The second kappa shape index (κ2) is 8.66. The van der Waals surface area contributed by atoms with E-state index in [1.807, 2.05) is 0 Å². The van der Waals surface area contributed by atoms with Gasteiger partial charge in [0.15, 0.2) is 5.85 Å². The summed E-state index contributed by atoms with van der Waals surface area (Å²) in [7, 11) is -2.86. The van der Waals surface area contributed by atoms with Crippen molar-refractivity contribution >= 4 is 8.03 Å². The molecule has 0 heterocycles. The van der Waals surface area contributed by atoms with E-state index >= 15 is 0 Å². The van der Waals surface area contributed by atoms with Crippen molar-refractivity contribution in [2.75, 3.05) is 0 Å². The molecule has 0 aliphatic heterocycles. The summed E-state index contributed by atoms with van der Waals surface area (Å²) in [5.74, 6) is -1.22. The van der Waals surface area contributed by atoms with Crippen LogP contribution < -0.4 is 59.1 Å². The van der Waals surface area contributed by atoms with Crippen LogP contribution in [0.2, 0.25) is 0 Å². The molecule has 0 aliphatic rings. The van der Waals surface area contributed by atoms with Gasteiger partial charge in [-0.25, -0.2) is 0 Å². The molecule has 0 aromatic heterocycles. The van der Waals surface area contributed by atoms with Crippen molar-refractivity contribution in [3.05, 3.63) is 35.9 Å². The third kappa shape index (κ3) is 5.73. The second-order valence-electron chi connectivity index (χ2n) is 2.15. The minimum atomic E-state index is -2.86. The molecule has 0 saturated carbocycles. The Labute approximate surface area is 123 Å². The molecule has 0 spiro atoms. The Hall–Kier alpha value is 1.37. The van der Waals surface area contributed by atoms with Crippen LogP contribution >= 0.6 is 8.03 Å². The van der Waals surface area contributed by atoms with Crippen LogP contribution in [0.25, 0.3) is 0 Å². The Morgan fingerprint density at radius 2 is 1.69 bits per heavy atom. The summed E-state index contributed by atoms with van der Waals surface area (Å²) in [6.45, 7) is 0. The molecule has 2 N–H and O–H groups in total. The number of rotatable bonds is 2. The van der Waals surface area contributed by atoms with Crippen molar-refractivity contribution in [1.82, 2.24) is 0 Å². The third-order valence-corrected chi connectivity index (χ3v) is 2.15. The molecule has 0 amide bonds. The summed E-state index contributed by atoms with van der Waals surface area (Å²) >= 11 is 0. The molecule has 1 rings (SSSR count). The van der Waals surface area contributed by atoms with Gasteiger partial charge >= 0.3 is 60.5 Å². The molecule has 1 aromatic carbocycles. The summed E-state index contributed by atoms with van der Waals surface area (Å²) < 4.78 is 10.4. The maximum atomic E-state index is 10.4. The summed E-state index contributed by atoms with van der Waals surface area (Å²) in [4.78, 5) is 8.57. The van der Waals surface area contributed by atoms with Crippen LogP contribution in [-0.2, 0) is 4.57 Å². The molecule has 2 unspecified atom stereocenters. The molecule has 0 bridgehead atoms. The molecule has 3 nitrogen and oxygen atoms in total. The molecule has 6 heteroatoms. The Morgan fingerprint density at radius 1 is 1.23 bits per heavy atom. The first kappa shape index (κ1) is 16.8. The van der Waals surface area contributed by atoms with Gasteiger partial charge in [0.2, 0.25) is 8.03 Å². The summed E-state index contributed by atoms with van der Waals surface area (Å²) in [5.41, 5.74) is 0.485. The fourth-order valence-electron chi connectivity index (χ4n) is 0.778. The molecule has 1 aromatic rings. The van der Waals surface area contributed by atoms with Crippen LogP contribution in [0.1, 0.15) is 12.8 Å². The number of hydrogen-bond acceptors (Lipinski definition) is 2. The van der Waals surface area contributed by atoms with Gasteiger partial charge in [0.05, 0.1) is 0 Å². The predicted octanol–water partition coefficient (Wildman–Crippen LogP) is -4.73. The van der Waals surface area contributed by atoms with Crippen molar-refractivity contribution in [1.29, 1.82) is 0 Å². The van der Waals surface area contributed by atoms with E-state index in [1.54, 1.807) is 30.3 Å². The molecule has 0 aliphatic carbocycles. The van der Waals surface area contributed by atoms with E-state index < -0.39 is 13.9 Å². The summed E-state index contributed by atoms with van der Waals surface area (Å²) in [6, 6.07) is 8.43. The molecule has 60 valence electrons. The third-order valence-electron chi connectivity index (χ3n) is 1.35. The Bertz CT molecular complexity index is 260. The zero-order chi connectivity index (χ0) is 8.27.